The lowest BCUT2D eigenvalue weighted by atomic mass is 10.0. The third kappa shape index (κ3) is 2.74. The summed E-state index contributed by atoms with van der Waals surface area (Å²) in [4.78, 5) is 29.6. The minimum Gasteiger partial charge on any atom is -0.300 e. The van der Waals surface area contributed by atoms with Crippen LogP contribution in [0.15, 0.2) is 42.6 Å². The monoisotopic (exact) mass is 268 g/mol. The highest BCUT2D eigenvalue weighted by atomic mass is 16.2. The van der Waals surface area contributed by atoms with Crippen LogP contribution in [0.1, 0.15) is 28.4 Å². The number of amides is 1. The Kier molecular flexibility index (Phi) is 3.94. The number of carbonyl (C=O) groups is 2. The van der Waals surface area contributed by atoms with Crippen molar-refractivity contribution < 1.29 is 9.59 Å². The van der Waals surface area contributed by atoms with Crippen molar-refractivity contribution in [2.45, 2.75) is 13.8 Å². The van der Waals surface area contributed by atoms with Gasteiger partial charge in [0.25, 0.3) is 0 Å². The van der Waals surface area contributed by atoms with E-state index in [1.807, 2.05) is 25.1 Å². The minimum atomic E-state index is -0.165. The number of hydrogen-bond donors (Lipinski definition) is 0. The van der Waals surface area contributed by atoms with Crippen molar-refractivity contribution >= 4 is 17.5 Å². The van der Waals surface area contributed by atoms with Crippen molar-refractivity contribution in [3.63, 3.8) is 0 Å². The van der Waals surface area contributed by atoms with Crippen molar-refractivity contribution in [3.05, 3.63) is 59.3 Å². The molecule has 4 nitrogen and oxygen atoms in total. The molecule has 0 aliphatic carbocycles. The van der Waals surface area contributed by atoms with Gasteiger partial charge in [-0.25, -0.2) is 4.98 Å². The molecule has 1 heterocycles. The predicted octanol–water partition coefficient (Wildman–Crippen LogP) is 2.60. The molecule has 0 spiro atoms. The molecule has 0 unspecified atom stereocenters. The standard InChI is InChI=1S/C16H16N2O2/c1-11-6-4-7-13(10-11)15(20)14-8-5-9-17-16(14)18(3)12(2)19/h4-10H,1-3H3. The van der Waals surface area contributed by atoms with Crippen molar-refractivity contribution in [2.24, 2.45) is 0 Å². The molecule has 0 saturated heterocycles. The van der Waals surface area contributed by atoms with Crippen molar-refractivity contribution in [1.82, 2.24) is 4.98 Å². The first kappa shape index (κ1) is 13.9. The molecule has 0 saturated carbocycles. The van der Waals surface area contributed by atoms with Crippen LogP contribution in [0, 0.1) is 6.92 Å². The van der Waals surface area contributed by atoms with Crippen LogP contribution >= 0.6 is 0 Å². The zero-order valence-corrected chi connectivity index (χ0v) is 11.8. The molecule has 2 aromatic rings. The summed E-state index contributed by atoms with van der Waals surface area (Å²) < 4.78 is 0. The van der Waals surface area contributed by atoms with E-state index in [0.717, 1.165) is 5.56 Å². The van der Waals surface area contributed by atoms with Gasteiger partial charge in [0.15, 0.2) is 5.78 Å². The van der Waals surface area contributed by atoms with Crippen molar-refractivity contribution in [3.8, 4) is 0 Å². The fourth-order valence-corrected chi connectivity index (χ4v) is 1.93. The molecule has 0 radical (unpaired) electrons. The lowest BCUT2D eigenvalue weighted by Gasteiger charge is -2.17. The Morgan fingerprint density at radius 1 is 1.15 bits per heavy atom. The molecule has 1 aromatic carbocycles. The van der Waals surface area contributed by atoms with Crippen LogP contribution in [0.2, 0.25) is 0 Å². The van der Waals surface area contributed by atoms with E-state index in [1.165, 1.54) is 11.8 Å². The van der Waals surface area contributed by atoms with Gasteiger partial charge in [0.2, 0.25) is 5.91 Å². The summed E-state index contributed by atoms with van der Waals surface area (Å²) in [5.41, 5.74) is 2.04. The van der Waals surface area contributed by atoms with E-state index in [9.17, 15) is 9.59 Å². The fourth-order valence-electron chi connectivity index (χ4n) is 1.93. The molecule has 0 bridgehead atoms. The van der Waals surface area contributed by atoms with Gasteiger partial charge in [0, 0.05) is 25.7 Å². The van der Waals surface area contributed by atoms with Crippen LogP contribution in [0.5, 0.6) is 0 Å². The van der Waals surface area contributed by atoms with E-state index in [4.69, 9.17) is 0 Å². The molecule has 20 heavy (non-hydrogen) atoms. The van der Waals surface area contributed by atoms with Gasteiger partial charge < -0.3 is 0 Å². The fraction of sp³-hybridized carbons (Fsp3) is 0.188. The number of carbonyl (C=O) groups excluding carboxylic acids is 2. The summed E-state index contributed by atoms with van der Waals surface area (Å²) >= 11 is 0. The van der Waals surface area contributed by atoms with Crippen molar-refractivity contribution in [1.29, 1.82) is 0 Å². The Morgan fingerprint density at radius 3 is 2.55 bits per heavy atom. The van der Waals surface area contributed by atoms with Crippen LogP contribution in [-0.4, -0.2) is 23.7 Å². The van der Waals surface area contributed by atoms with E-state index in [1.54, 1.807) is 31.4 Å². The van der Waals surface area contributed by atoms with Crippen LogP contribution in [0.3, 0.4) is 0 Å². The number of anilines is 1. The SMILES string of the molecule is CC(=O)N(C)c1ncccc1C(=O)c1cccc(C)c1. The van der Waals surface area contributed by atoms with E-state index >= 15 is 0 Å². The lowest BCUT2D eigenvalue weighted by molar-refractivity contribution is -0.116. The summed E-state index contributed by atoms with van der Waals surface area (Å²) in [6, 6.07) is 10.7. The molecule has 102 valence electrons. The van der Waals surface area contributed by atoms with E-state index in [-0.39, 0.29) is 11.7 Å². The summed E-state index contributed by atoms with van der Waals surface area (Å²) in [5.74, 6) is 0.0819. The third-order valence-electron chi connectivity index (χ3n) is 3.10. The van der Waals surface area contributed by atoms with Crippen LogP contribution in [0.4, 0.5) is 5.82 Å². The molecule has 0 N–H and O–H groups in total. The van der Waals surface area contributed by atoms with E-state index in [2.05, 4.69) is 4.98 Å². The van der Waals surface area contributed by atoms with Crippen LogP contribution in [0.25, 0.3) is 0 Å². The zero-order valence-electron chi connectivity index (χ0n) is 11.8. The Bertz CT molecular complexity index is 665. The number of pyridine rings is 1. The third-order valence-corrected chi connectivity index (χ3v) is 3.10. The summed E-state index contributed by atoms with van der Waals surface area (Å²) in [7, 11) is 1.61. The zero-order chi connectivity index (χ0) is 14.7. The molecule has 0 aliphatic rings. The van der Waals surface area contributed by atoms with Gasteiger partial charge in [-0.3, -0.25) is 14.5 Å². The van der Waals surface area contributed by atoms with Gasteiger partial charge in [-0.1, -0.05) is 23.8 Å². The molecule has 1 amide bonds. The molecule has 1 aromatic heterocycles. The number of aryl methyl sites for hydroxylation is 1. The first-order valence-corrected chi connectivity index (χ1v) is 6.31. The number of rotatable bonds is 3. The van der Waals surface area contributed by atoms with E-state index < -0.39 is 0 Å². The number of ketones is 1. The molecule has 0 aliphatic heterocycles. The smallest absolute Gasteiger partial charge is 0.224 e. The molecule has 4 heteroatoms. The highest BCUT2D eigenvalue weighted by Crippen LogP contribution is 2.20. The van der Waals surface area contributed by atoms with Crippen molar-refractivity contribution in [2.75, 3.05) is 11.9 Å². The average Bonchev–Trinajstić information content (AvgIpc) is 2.45. The normalized spacial score (nSPS) is 10.2. The topological polar surface area (TPSA) is 50.3 Å². The lowest BCUT2D eigenvalue weighted by Crippen LogP contribution is -2.26. The summed E-state index contributed by atoms with van der Waals surface area (Å²) in [6.07, 6.45) is 1.57. The number of nitrogens with zero attached hydrogens (tertiary/aromatic N) is 2. The molecule has 2 rings (SSSR count). The summed E-state index contributed by atoms with van der Waals surface area (Å²) in [5, 5.41) is 0. The van der Waals surface area contributed by atoms with Crippen LogP contribution < -0.4 is 4.90 Å². The maximum atomic E-state index is 12.6. The Hall–Kier alpha value is -2.49. The number of aromatic nitrogens is 1. The molecular weight excluding hydrogens is 252 g/mol. The second kappa shape index (κ2) is 5.65. The van der Waals surface area contributed by atoms with Gasteiger partial charge >= 0.3 is 0 Å². The first-order chi connectivity index (χ1) is 9.50. The quantitative estimate of drug-likeness (QED) is 0.804. The summed E-state index contributed by atoms with van der Waals surface area (Å²) in [6.45, 7) is 3.37. The predicted molar refractivity (Wildman–Crippen MR) is 77.9 cm³/mol. The Morgan fingerprint density at radius 2 is 1.90 bits per heavy atom. The highest BCUT2D eigenvalue weighted by molar-refractivity contribution is 6.13. The van der Waals surface area contributed by atoms with E-state index in [0.29, 0.717) is 16.9 Å². The van der Waals surface area contributed by atoms with Gasteiger partial charge in [0.1, 0.15) is 5.82 Å². The van der Waals surface area contributed by atoms with Gasteiger partial charge in [-0.05, 0) is 25.1 Å². The Labute approximate surface area is 118 Å². The van der Waals surface area contributed by atoms with Crippen LogP contribution in [-0.2, 0) is 4.79 Å². The maximum absolute atomic E-state index is 12.6. The number of hydrogen-bond acceptors (Lipinski definition) is 3. The first-order valence-electron chi connectivity index (χ1n) is 6.31. The molecule has 0 atom stereocenters. The van der Waals surface area contributed by atoms with Gasteiger partial charge in [-0.2, -0.15) is 0 Å². The second-order valence-electron chi connectivity index (χ2n) is 4.65. The second-order valence-corrected chi connectivity index (χ2v) is 4.65. The number of benzene rings is 1. The molecular formula is C16H16N2O2. The maximum Gasteiger partial charge on any atom is 0.224 e. The van der Waals surface area contributed by atoms with Gasteiger partial charge in [0.05, 0.1) is 5.56 Å². The molecule has 0 fully saturated rings. The van der Waals surface area contributed by atoms with Gasteiger partial charge in [-0.15, -0.1) is 0 Å². The largest absolute Gasteiger partial charge is 0.300 e. The average molecular weight is 268 g/mol. The highest BCUT2D eigenvalue weighted by Gasteiger charge is 2.18. The Balaban J connectivity index is 2.48. The minimum absolute atomic E-state index is 0.134.